The van der Waals surface area contributed by atoms with Crippen molar-refractivity contribution in [3.05, 3.63) is 59.2 Å². The van der Waals surface area contributed by atoms with E-state index in [0.29, 0.717) is 45.6 Å². The minimum Gasteiger partial charge on any atom is -0.493 e. The van der Waals surface area contributed by atoms with Crippen LogP contribution >= 0.6 is 0 Å². The molecule has 0 radical (unpaired) electrons. The van der Waals surface area contributed by atoms with Crippen LogP contribution in [0.5, 0.6) is 5.75 Å². The highest BCUT2D eigenvalue weighted by Gasteiger charge is 2.47. The van der Waals surface area contributed by atoms with Gasteiger partial charge in [0, 0.05) is 62.2 Å². The molecule has 9 heteroatoms. The average molecular weight is 606 g/mol. The Balaban J connectivity index is 1.42. The maximum atomic E-state index is 14.2. The van der Waals surface area contributed by atoms with E-state index in [2.05, 4.69) is 51.2 Å². The first-order chi connectivity index (χ1) is 21.0. The molecule has 3 heterocycles. The predicted molar refractivity (Wildman–Crippen MR) is 171 cm³/mol. The molecule has 5 rings (SSSR count). The van der Waals surface area contributed by atoms with Crippen molar-refractivity contribution in [2.45, 2.75) is 64.0 Å². The van der Waals surface area contributed by atoms with Crippen LogP contribution in [0.3, 0.4) is 0 Å². The number of aliphatic carboxylic acids is 1. The first-order valence-electron chi connectivity index (χ1n) is 16.2. The number of carbonyl (C=O) groups excluding carboxylic acids is 2. The molecule has 44 heavy (non-hydrogen) atoms. The number of unbranched alkanes of at least 4 members (excludes halogenated alkanes) is 1. The molecule has 2 aromatic carbocycles. The summed E-state index contributed by atoms with van der Waals surface area (Å²) in [7, 11) is 6.46. The van der Waals surface area contributed by atoms with Gasteiger partial charge in [0.25, 0.3) is 0 Å². The van der Waals surface area contributed by atoms with Crippen LogP contribution in [0, 0.1) is 5.92 Å². The number of fused-ring (bicyclic) bond motifs is 1. The molecule has 2 aromatic rings. The molecule has 2 amide bonds. The fraction of sp³-hybridized carbons (Fsp3) is 0.571. The standard InChI is InChI=1S/C35H48N4O5/c1-5-6-17-38(28-10-7-9-25(20-28)24-39(2,3)4)33(41)23-37-22-29(26-12-13-31-27(21-26)15-19-44-31)34(35(42)43)30(37)14-18-36-16-8-11-32(36)40/h7,9-10,12-13,20-21,29-30,34H,5-6,8,11,14-19,22-24H2,1-4H3/p+1/t29-,30+,34-/m1/s1. The van der Waals surface area contributed by atoms with Gasteiger partial charge >= 0.3 is 5.97 Å². The van der Waals surface area contributed by atoms with Crippen molar-refractivity contribution < 1.29 is 28.7 Å². The maximum absolute atomic E-state index is 14.2. The molecule has 0 unspecified atom stereocenters. The summed E-state index contributed by atoms with van der Waals surface area (Å²) >= 11 is 0. The number of anilines is 1. The Bertz CT molecular complexity index is 1350. The number of nitrogens with zero attached hydrogens (tertiary/aromatic N) is 4. The molecule has 2 saturated heterocycles. The zero-order valence-electron chi connectivity index (χ0n) is 26.8. The monoisotopic (exact) mass is 605 g/mol. The zero-order valence-corrected chi connectivity index (χ0v) is 26.8. The molecule has 0 saturated carbocycles. The quantitative estimate of drug-likeness (QED) is 0.345. The molecule has 0 spiro atoms. The van der Waals surface area contributed by atoms with Crippen LogP contribution in [-0.4, -0.2) is 104 Å². The Labute approximate surface area is 262 Å². The predicted octanol–water partition coefficient (Wildman–Crippen LogP) is 4.14. The van der Waals surface area contributed by atoms with E-state index in [-0.39, 0.29) is 30.3 Å². The van der Waals surface area contributed by atoms with E-state index in [9.17, 15) is 19.5 Å². The number of hydrogen-bond acceptors (Lipinski definition) is 5. The number of ether oxygens (including phenoxy) is 1. The lowest BCUT2D eigenvalue weighted by Crippen LogP contribution is -2.45. The van der Waals surface area contributed by atoms with Gasteiger partial charge in [-0.2, -0.15) is 0 Å². The van der Waals surface area contributed by atoms with Crippen molar-refractivity contribution in [1.29, 1.82) is 0 Å². The van der Waals surface area contributed by atoms with Crippen molar-refractivity contribution in [2.75, 3.05) is 65.4 Å². The third kappa shape index (κ3) is 7.44. The van der Waals surface area contributed by atoms with Gasteiger partial charge < -0.3 is 24.1 Å². The van der Waals surface area contributed by atoms with Gasteiger partial charge in [-0.05, 0) is 48.6 Å². The Hall–Kier alpha value is -3.43. The second-order valence-electron chi connectivity index (χ2n) is 13.7. The number of benzene rings is 2. The Morgan fingerprint density at radius 3 is 2.64 bits per heavy atom. The van der Waals surface area contributed by atoms with E-state index in [1.165, 1.54) is 5.56 Å². The van der Waals surface area contributed by atoms with Gasteiger partial charge in [0.2, 0.25) is 11.8 Å². The summed E-state index contributed by atoms with van der Waals surface area (Å²) in [6.45, 7) is 6.06. The van der Waals surface area contributed by atoms with Crippen molar-refractivity contribution in [2.24, 2.45) is 5.92 Å². The molecule has 2 fully saturated rings. The largest absolute Gasteiger partial charge is 0.493 e. The normalized spacial score (nSPS) is 21.9. The Morgan fingerprint density at radius 2 is 1.93 bits per heavy atom. The SMILES string of the molecule is CCCCN(C(=O)CN1C[C@H](c2ccc3c(c2)CCO3)[C@@H](C(=O)O)[C@@H]1CCN1CCCC1=O)c1cccc(C[N+](C)(C)C)c1. The van der Waals surface area contributed by atoms with Gasteiger partial charge in [-0.15, -0.1) is 0 Å². The number of quaternary nitrogens is 1. The number of hydrogen-bond donors (Lipinski definition) is 1. The van der Waals surface area contributed by atoms with E-state index in [1.807, 2.05) is 34.1 Å². The van der Waals surface area contributed by atoms with Gasteiger partial charge in [0.1, 0.15) is 12.3 Å². The minimum atomic E-state index is -0.852. The molecule has 0 bridgehead atoms. The third-order valence-electron chi connectivity index (χ3n) is 9.30. The summed E-state index contributed by atoms with van der Waals surface area (Å²) in [6.07, 6.45) is 4.57. The number of rotatable bonds is 13. The fourth-order valence-electron chi connectivity index (χ4n) is 7.20. The van der Waals surface area contributed by atoms with Crippen LogP contribution in [-0.2, 0) is 27.3 Å². The molecule has 238 valence electrons. The molecule has 0 aliphatic carbocycles. The molecular weight excluding hydrogens is 556 g/mol. The second kappa shape index (κ2) is 13.7. The lowest BCUT2D eigenvalue weighted by molar-refractivity contribution is -0.884. The molecule has 1 N–H and O–H groups in total. The Kier molecular flexibility index (Phi) is 9.95. The van der Waals surface area contributed by atoms with Crippen molar-refractivity contribution >= 4 is 23.5 Å². The van der Waals surface area contributed by atoms with Crippen molar-refractivity contribution in [3.63, 3.8) is 0 Å². The smallest absolute Gasteiger partial charge is 0.308 e. The highest BCUT2D eigenvalue weighted by molar-refractivity contribution is 5.95. The lowest BCUT2D eigenvalue weighted by atomic mass is 9.83. The van der Waals surface area contributed by atoms with Gasteiger partial charge in [-0.3, -0.25) is 19.3 Å². The van der Waals surface area contributed by atoms with Crippen LogP contribution < -0.4 is 9.64 Å². The van der Waals surface area contributed by atoms with Gasteiger partial charge in [0.05, 0.1) is 40.2 Å². The average Bonchev–Trinajstić information content (AvgIpc) is 3.69. The highest BCUT2D eigenvalue weighted by Crippen LogP contribution is 2.41. The molecule has 9 nitrogen and oxygen atoms in total. The highest BCUT2D eigenvalue weighted by atomic mass is 16.5. The summed E-state index contributed by atoms with van der Waals surface area (Å²) < 4.78 is 6.50. The first kappa shape index (κ1) is 32.0. The van der Waals surface area contributed by atoms with Crippen molar-refractivity contribution in [1.82, 2.24) is 9.80 Å². The van der Waals surface area contributed by atoms with E-state index >= 15 is 0 Å². The summed E-state index contributed by atoms with van der Waals surface area (Å²) in [5.74, 6) is -0.813. The van der Waals surface area contributed by atoms with E-state index in [4.69, 9.17) is 4.74 Å². The number of likely N-dealkylation sites (tertiary alicyclic amines) is 2. The summed E-state index contributed by atoms with van der Waals surface area (Å²) in [5.41, 5.74) is 4.15. The summed E-state index contributed by atoms with van der Waals surface area (Å²) in [6, 6.07) is 13.9. The summed E-state index contributed by atoms with van der Waals surface area (Å²) in [5, 5.41) is 10.6. The number of carboxylic acid groups (broad SMARTS) is 1. The molecule has 0 aromatic heterocycles. The molecule has 3 aliphatic rings. The number of carbonyl (C=O) groups is 3. The third-order valence-corrected chi connectivity index (χ3v) is 9.30. The minimum absolute atomic E-state index is 0.0183. The second-order valence-corrected chi connectivity index (χ2v) is 13.7. The maximum Gasteiger partial charge on any atom is 0.308 e. The van der Waals surface area contributed by atoms with Crippen LogP contribution in [0.4, 0.5) is 5.69 Å². The molecular formula is C35H49N4O5+. The number of amides is 2. The van der Waals surface area contributed by atoms with Crippen LogP contribution in [0.2, 0.25) is 0 Å². The van der Waals surface area contributed by atoms with Crippen molar-refractivity contribution in [3.8, 4) is 5.75 Å². The topological polar surface area (TPSA) is 90.4 Å². The molecule has 3 atom stereocenters. The van der Waals surface area contributed by atoms with E-state index in [1.54, 1.807) is 0 Å². The van der Waals surface area contributed by atoms with Gasteiger partial charge in [0.15, 0.2) is 0 Å². The van der Waals surface area contributed by atoms with Gasteiger partial charge in [-0.25, -0.2) is 0 Å². The number of carboxylic acids is 1. The lowest BCUT2D eigenvalue weighted by Gasteiger charge is -2.31. The van der Waals surface area contributed by atoms with E-state index < -0.39 is 11.9 Å². The zero-order chi connectivity index (χ0) is 31.4. The van der Waals surface area contributed by atoms with E-state index in [0.717, 1.165) is 59.3 Å². The fourth-order valence-corrected chi connectivity index (χ4v) is 7.20. The van der Waals surface area contributed by atoms with Crippen LogP contribution in [0.25, 0.3) is 0 Å². The van der Waals surface area contributed by atoms with Gasteiger partial charge in [-0.1, -0.05) is 37.6 Å². The van der Waals surface area contributed by atoms with Crippen LogP contribution in [0.15, 0.2) is 42.5 Å². The Morgan fingerprint density at radius 1 is 1.11 bits per heavy atom. The van der Waals surface area contributed by atoms with Crippen LogP contribution in [0.1, 0.15) is 61.6 Å². The summed E-state index contributed by atoms with van der Waals surface area (Å²) in [4.78, 5) is 45.4. The molecule has 3 aliphatic heterocycles. The first-order valence-corrected chi connectivity index (χ1v) is 16.2.